The molecule has 0 aromatic carbocycles. The number of ether oxygens (including phenoxy) is 1. The van der Waals surface area contributed by atoms with Crippen LogP contribution in [0.1, 0.15) is 52.9 Å². The third-order valence-corrected chi connectivity index (χ3v) is 3.19. The minimum Gasteiger partial charge on any atom is -0.375 e. The summed E-state index contributed by atoms with van der Waals surface area (Å²) in [7, 11) is 0. The summed E-state index contributed by atoms with van der Waals surface area (Å²) in [6, 6.07) is 0. The Hall–Kier alpha value is -0.250. The predicted molar refractivity (Wildman–Crippen MR) is 57.3 cm³/mol. The van der Waals surface area contributed by atoms with Crippen LogP contribution < -0.4 is 0 Å². The predicted octanol–water partition coefficient (Wildman–Crippen LogP) is 4.31. The van der Waals surface area contributed by atoms with Crippen LogP contribution in [0.25, 0.3) is 0 Å². The molecule has 1 nitrogen and oxygen atoms in total. The molecule has 1 aliphatic carbocycles. The minimum absolute atomic E-state index is 0.194. The average molecular weight is 238 g/mol. The highest BCUT2D eigenvalue weighted by molar-refractivity contribution is 4.89. The molecule has 0 saturated heterocycles. The van der Waals surface area contributed by atoms with Crippen LogP contribution in [0.2, 0.25) is 0 Å². The van der Waals surface area contributed by atoms with Crippen LogP contribution >= 0.6 is 0 Å². The van der Waals surface area contributed by atoms with E-state index in [1.165, 1.54) is 0 Å². The average Bonchev–Trinajstić information content (AvgIpc) is 2.13. The molecule has 0 atom stereocenters. The maximum Gasteiger partial charge on any atom is 0.396 e. The van der Waals surface area contributed by atoms with Crippen LogP contribution in [0.5, 0.6) is 0 Å². The summed E-state index contributed by atoms with van der Waals surface area (Å²) < 4.78 is 44.7. The van der Waals surface area contributed by atoms with Gasteiger partial charge in [0.05, 0.1) is 17.6 Å². The SMILES string of the molecule is CC(C)(C)OCC1(C(F)(F)F)CCCCC1. The van der Waals surface area contributed by atoms with Crippen LogP contribution in [-0.4, -0.2) is 18.4 Å². The molecule has 0 bridgehead atoms. The summed E-state index contributed by atoms with van der Waals surface area (Å²) in [5.74, 6) is 0. The van der Waals surface area contributed by atoms with Crippen molar-refractivity contribution in [3.63, 3.8) is 0 Å². The van der Waals surface area contributed by atoms with Crippen LogP contribution in [-0.2, 0) is 4.74 Å². The highest BCUT2D eigenvalue weighted by Gasteiger charge is 2.55. The fourth-order valence-electron chi connectivity index (χ4n) is 2.09. The Kier molecular flexibility index (Phi) is 3.93. The van der Waals surface area contributed by atoms with Gasteiger partial charge in [-0.25, -0.2) is 0 Å². The lowest BCUT2D eigenvalue weighted by molar-refractivity contribution is -0.258. The summed E-state index contributed by atoms with van der Waals surface area (Å²) in [6.45, 7) is 5.18. The first-order valence-electron chi connectivity index (χ1n) is 5.87. The quantitative estimate of drug-likeness (QED) is 0.696. The zero-order chi connectivity index (χ0) is 12.4. The Morgan fingerprint density at radius 3 is 1.88 bits per heavy atom. The second-order valence-electron chi connectivity index (χ2n) is 5.74. The lowest BCUT2D eigenvalue weighted by Crippen LogP contribution is -2.45. The second kappa shape index (κ2) is 4.55. The van der Waals surface area contributed by atoms with E-state index in [-0.39, 0.29) is 19.4 Å². The van der Waals surface area contributed by atoms with Crippen molar-refractivity contribution in [3.8, 4) is 0 Å². The molecule has 1 rings (SSSR count). The van der Waals surface area contributed by atoms with E-state index in [9.17, 15) is 13.2 Å². The summed E-state index contributed by atoms with van der Waals surface area (Å²) in [5, 5.41) is 0. The van der Waals surface area contributed by atoms with Gasteiger partial charge >= 0.3 is 6.18 Å². The van der Waals surface area contributed by atoms with Crippen molar-refractivity contribution in [1.82, 2.24) is 0 Å². The van der Waals surface area contributed by atoms with Crippen molar-refractivity contribution in [2.75, 3.05) is 6.61 Å². The van der Waals surface area contributed by atoms with Gasteiger partial charge in [0.25, 0.3) is 0 Å². The molecular weight excluding hydrogens is 217 g/mol. The van der Waals surface area contributed by atoms with E-state index < -0.39 is 17.2 Å². The number of hydrogen-bond acceptors (Lipinski definition) is 1. The van der Waals surface area contributed by atoms with Crippen molar-refractivity contribution in [2.45, 2.75) is 64.7 Å². The first-order chi connectivity index (χ1) is 7.16. The highest BCUT2D eigenvalue weighted by Crippen LogP contribution is 2.49. The van der Waals surface area contributed by atoms with Gasteiger partial charge in [0.15, 0.2) is 0 Å². The molecule has 0 unspecified atom stereocenters. The molecule has 0 aliphatic heterocycles. The van der Waals surface area contributed by atoms with Gasteiger partial charge in [-0.05, 0) is 33.6 Å². The zero-order valence-corrected chi connectivity index (χ0v) is 10.3. The number of rotatable bonds is 2. The Morgan fingerprint density at radius 1 is 1.00 bits per heavy atom. The molecule has 0 N–H and O–H groups in total. The maximum absolute atomic E-state index is 13.1. The van der Waals surface area contributed by atoms with Gasteiger partial charge in [-0.15, -0.1) is 0 Å². The van der Waals surface area contributed by atoms with Gasteiger partial charge in [-0.1, -0.05) is 19.3 Å². The number of alkyl halides is 3. The molecule has 1 saturated carbocycles. The molecule has 1 aliphatic rings. The normalized spacial score (nSPS) is 22.1. The van der Waals surface area contributed by atoms with E-state index in [0.717, 1.165) is 6.42 Å². The van der Waals surface area contributed by atoms with Gasteiger partial charge in [-0.3, -0.25) is 0 Å². The van der Waals surface area contributed by atoms with E-state index in [0.29, 0.717) is 12.8 Å². The highest BCUT2D eigenvalue weighted by atomic mass is 19.4. The van der Waals surface area contributed by atoms with Gasteiger partial charge in [0.1, 0.15) is 0 Å². The summed E-state index contributed by atoms with van der Waals surface area (Å²) in [4.78, 5) is 0. The lowest BCUT2D eigenvalue weighted by atomic mass is 9.74. The van der Waals surface area contributed by atoms with Gasteiger partial charge < -0.3 is 4.74 Å². The molecule has 0 aromatic rings. The van der Waals surface area contributed by atoms with Crippen molar-refractivity contribution < 1.29 is 17.9 Å². The first-order valence-corrected chi connectivity index (χ1v) is 5.87. The maximum atomic E-state index is 13.1. The molecule has 0 radical (unpaired) electrons. The fourth-order valence-corrected chi connectivity index (χ4v) is 2.09. The minimum atomic E-state index is -4.14. The summed E-state index contributed by atoms with van der Waals surface area (Å²) in [6.07, 6.45) is -1.48. The lowest BCUT2D eigenvalue weighted by Gasteiger charge is -2.40. The Morgan fingerprint density at radius 2 is 1.50 bits per heavy atom. The van der Waals surface area contributed by atoms with E-state index in [1.54, 1.807) is 20.8 Å². The van der Waals surface area contributed by atoms with Crippen molar-refractivity contribution in [1.29, 1.82) is 0 Å². The second-order valence-corrected chi connectivity index (χ2v) is 5.74. The van der Waals surface area contributed by atoms with Crippen molar-refractivity contribution >= 4 is 0 Å². The van der Waals surface area contributed by atoms with Gasteiger partial charge in [-0.2, -0.15) is 13.2 Å². The van der Waals surface area contributed by atoms with Crippen LogP contribution in [0.4, 0.5) is 13.2 Å². The van der Waals surface area contributed by atoms with Crippen LogP contribution in [0.15, 0.2) is 0 Å². The van der Waals surface area contributed by atoms with E-state index in [4.69, 9.17) is 4.74 Å². The fraction of sp³-hybridized carbons (Fsp3) is 1.00. The Balaban J connectivity index is 2.72. The summed E-state index contributed by atoms with van der Waals surface area (Å²) >= 11 is 0. The van der Waals surface area contributed by atoms with E-state index in [1.807, 2.05) is 0 Å². The molecule has 96 valence electrons. The van der Waals surface area contributed by atoms with Gasteiger partial charge in [0, 0.05) is 0 Å². The standard InChI is InChI=1S/C12H21F3O/c1-10(2,3)16-9-11(12(13,14)15)7-5-4-6-8-11/h4-9H2,1-3H3. The van der Waals surface area contributed by atoms with Crippen LogP contribution in [0.3, 0.4) is 0 Å². The summed E-state index contributed by atoms with van der Waals surface area (Å²) in [5.41, 5.74) is -2.10. The van der Waals surface area contributed by atoms with E-state index >= 15 is 0 Å². The van der Waals surface area contributed by atoms with Gasteiger partial charge in [0.2, 0.25) is 0 Å². The molecule has 0 spiro atoms. The molecular formula is C12H21F3O. The Labute approximate surface area is 95.4 Å². The third-order valence-electron chi connectivity index (χ3n) is 3.19. The molecule has 4 heteroatoms. The van der Waals surface area contributed by atoms with E-state index in [2.05, 4.69) is 0 Å². The number of halogens is 3. The van der Waals surface area contributed by atoms with Crippen molar-refractivity contribution in [2.24, 2.45) is 5.41 Å². The topological polar surface area (TPSA) is 9.23 Å². The molecule has 0 heterocycles. The Bertz CT molecular complexity index is 221. The number of hydrogen-bond donors (Lipinski definition) is 0. The smallest absolute Gasteiger partial charge is 0.375 e. The molecule has 16 heavy (non-hydrogen) atoms. The van der Waals surface area contributed by atoms with Crippen LogP contribution in [0, 0.1) is 5.41 Å². The first kappa shape index (κ1) is 13.8. The zero-order valence-electron chi connectivity index (χ0n) is 10.3. The molecule has 1 fully saturated rings. The largest absolute Gasteiger partial charge is 0.396 e. The molecule has 0 aromatic heterocycles. The third kappa shape index (κ3) is 3.37. The molecule has 0 amide bonds. The van der Waals surface area contributed by atoms with Crippen molar-refractivity contribution in [3.05, 3.63) is 0 Å². The monoisotopic (exact) mass is 238 g/mol.